The molecule has 6 heterocycles. The zero-order chi connectivity index (χ0) is 67.5. The Labute approximate surface area is 594 Å². The van der Waals surface area contributed by atoms with Crippen LogP contribution in [0.4, 0.5) is 0 Å². The molecule has 9 rings (SSSR count). The molecule has 4 nitrogen and oxygen atoms in total. The Kier molecular flexibility index (Phi) is 28.5. The Morgan fingerprint density at radius 3 is 1.13 bits per heavy atom. The van der Waals surface area contributed by atoms with Crippen LogP contribution < -0.4 is 0 Å². The van der Waals surface area contributed by atoms with Crippen molar-refractivity contribution < 1.29 is 9.59 Å². The predicted octanol–water partition coefficient (Wildman–Crippen LogP) is 28.2. The maximum absolute atomic E-state index is 16.4. The van der Waals surface area contributed by atoms with E-state index in [1.165, 1.54) is 244 Å². The number of fused-ring (bicyclic) bond motifs is 4. The molecule has 0 N–H and O–H groups in total. The van der Waals surface area contributed by atoms with Gasteiger partial charge in [0.05, 0.1) is 32.3 Å². The summed E-state index contributed by atoms with van der Waals surface area (Å²) in [5.74, 6) is 0.783. The summed E-state index contributed by atoms with van der Waals surface area (Å²) in [6, 6.07) is 33.4. The molecule has 0 spiro atoms. The van der Waals surface area contributed by atoms with E-state index in [1.807, 2.05) is 22.7 Å². The number of amides is 2. The van der Waals surface area contributed by atoms with Crippen LogP contribution in [0.2, 0.25) is 0 Å². The first-order valence-corrected chi connectivity index (χ1v) is 42.1. The topological polar surface area (TPSA) is 40.6 Å². The van der Waals surface area contributed by atoms with Gasteiger partial charge in [-0.3, -0.25) is 9.59 Å². The van der Waals surface area contributed by atoms with Gasteiger partial charge in [0.2, 0.25) is 0 Å². The number of carbonyl (C=O) groups is 2. The van der Waals surface area contributed by atoms with Gasteiger partial charge in [0.25, 0.3) is 11.8 Å². The number of unbranched alkanes of at least 4 members (excludes halogenated alkanes) is 22. The first-order chi connectivity index (χ1) is 46.0. The van der Waals surface area contributed by atoms with E-state index in [9.17, 15) is 0 Å². The molecule has 1 aliphatic carbocycles. The standard InChI is InChI=1S/C87H124N2O2S4/c1-13-19-25-31-33-37-43-63(41-35-27-21-15-3)61-88-81(79-80(84(88)91)82(77-54-52-74(94-77)75-55-56-78(95-75)86(10,11)12)89(83(79)90)62-64(42-36-28-22-16-4)44-38-34-32-26-20-14-2)76-53-51-73(93-76)72-50-49-71(92-72)65-45-47-67-68-48-46-66(85(7,8)9)60-70(68)87(69(67)59-65,57-39-29-23-17-5)58-40-30-24-18-6/h45-56,59-60,63-64H,13-44,57-58,61-62H2,1-12H3. The first-order valence-electron chi connectivity index (χ1n) is 38.8. The second kappa shape index (κ2) is 36.1. The van der Waals surface area contributed by atoms with Crippen LogP contribution in [0.5, 0.6) is 0 Å². The lowest BCUT2D eigenvalue weighted by atomic mass is 9.69. The zero-order valence-corrected chi connectivity index (χ0v) is 64.8. The largest absolute Gasteiger partial charge is 0.306 e. The summed E-state index contributed by atoms with van der Waals surface area (Å²) >= 11 is 7.35. The van der Waals surface area contributed by atoms with Gasteiger partial charge in [-0.25, -0.2) is 0 Å². The molecule has 2 aliphatic heterocycles. The molecule has 95 heavy (non-hydrogen) atoms. The van der Waals surface area contributed by atoms with Crippen LogP contribution in [0.15, 0.2) is 96.1 Å². The van der Waals surface area contributed by atoms with Gasteiger partial charge in [-0.2, -0.15) is 0 Å². The van der Waals surface area contributed by atoms with Gasteiger partial charge in [0.1, 0.15) is 0 Å². The van der Waals surface area contributed by atoms with Gasteiger partial charge in [-0.1, -0.05) is 293 Å². The van der Waals surface area contributed by atoms with Gasteiger partial charge in [-0.15, -0.1) is 45.3 Å². The molecular formula is C87H124N2O2S4. The van der Waals surface area contributed by atoms with Crippen molar-refractivity contribution in [2.75, 3.05) is 13.1 Å². The number of benzene rings is 2. The molecule has 0 fully saturated rings. The quantitative estimate of drug-likeness (QED) is 0.0358. The Morgan fingerprint density at radius 2 is 0.705 bits per heavy atom. The Balaban J connectivity index is 1.14. The highest BCUT2D eigenvalue weighted by Crippen LogP contribution is 2.57. The molecule has 2 atom stereocenters. The summed E-state index contributed by atoms with van der Waals surface area (Å²) in [5.41, 5.74) is 11.9. The summed E-state index contributed by atoms with van der Waals surface area (Å²) in [7, 11) is 0. The average molecular weight is 1360 g/mol. The van der Waals surface area contributed by atoms with Crippen LogP contribution in [0.25, 0.3) is 52.5 Å². The summed E-state index contributed by atoms with van der Waals surface area (Å²) in [6.45, 7) is 29.2. The van der Waals surface area contributed by atoms with Crippen LogP contribution in [0, 0.1) is 11.8 Å². The lowest BCUT2D eigenvalue weighted by Crippen LogP contribution is -2.34. The van der Waals surface area contributed by atoms with Crippen molar-refractivity contribution in [2.45, 2.75) is 318 Å². The zero-order valence-electron chi connectivity index (χ0n) is 61.5. The summed E-state index contributed by atoms with van der Waals surface area (Å²) in [5, 5.41) is 0. The van der Waals surface area contributed by atoms with E-state index >= 15 is 9.59 Å². The maximum Gasteiger partial charge on any atom is 0.261 e. The van der Waals surface area contributed by atoms with Crippen LogP contribution in [0.3, 0.4) is 0 Å². The van der Waals surface area contributed by atoms with E-state index in [1.54, 1.807) is 33.8 Å². The van der Waals surface area contributed by atoms with Gasteiger partial charge in [-0.05, 0) is 149 Å². The fourth-order valence-corrected chi connectivity index (χ4v) is 20.1. The average Bonchev–Trinajstić information content (AvgIpc) is 1.56. The minimum Gasteiger partial charge on any atom is -0.306 e. The highest BCUT2D eigenvalue weighted by molar-refractivity contribution is 7.24. The van der Waals surface area contributed by atoms with Crippen LogP contribution >= 0.6 is 45.3 Å². The molecular weight excluding hydrogens is 1230 g/mol. The van der Waals surface area contributed by atoms with E-state index in [0.29, 0.717) is 36.1 Å². The molecule has 0 saturated heterocycles. The molecule has 2 amide bonds. The second-order valence-corrected chi connectivity index (χ2v) is 35.5. The molecule has 3 aliphatic rings. The molecule has 0 radical (unpaired) electrons. The predicted molar refractivity (Wildman–Crippen MR) is 420 cm³/mol. The Bertz CT molecular complexity index is 3440. The van der Waals surface area contributed by atoms with Gasteiger partial charge >= 0.3 is 0 Å². The fourth-order valence-electron chi connectivity index (χ4n) is 15.8. The minimum absolute atomic E-state index is 0.00927. The molecule has 0 saturated carbocycles. The lowest BCUT2D eigenvalue weighted by Gasteiger charge is -2.34. The van der Waals surface area contributed by atoms with E-state index in [-0.39, 0.29) is 28.1 Å². The monoisotopic (exact) mass is 1360 g/mol. The number of hydrogen-bond acceptors (Lipinski definition) is 6. The smallest absolute Gasteiger partial charge is 0.261 e. The van der Waals surface area contributed by atoms with Crippen LogP contribution in [0.1, 0.15) is 333 Å². The normalized spacial score (nSPS) is 15.3. The number of nitrogens with zero attached hydrogens (tertiary/aromatic N) is 2. The van der Waals surface area contributed by atoms with E-state index in [4.69, 9.17) is 0 Å². The third-order valence-electron chi connectivity index (χ3n) is 21.5. The number of carbonyl (C=O) groups excluding carboxylic acids is 2. The summed E-state index contributed by atoms with van der Waals surface area (Å²) in [6.07, 6.45) is 41.8. The van der Waals surface area contributed by atoms with E-state index < -0.39 is 0 Å². The Hall–Kier alpha value is -4.34. The van der Waals surface area contributed by atoms with Crippen molar-refractivity contribution in [3.05, 3.63) is 127 Å². The van der Waals surface area contributed by atoms with Crippen molar-refractivity contribution in [2.24, 2.45) is 11.8 Å². The highest BCUT2D eigenvalue weighted by atomic mass is 32.1. The van der Waals surface area contributed by atoms with Crippen LogP contribution in [-0.2, 0) is 25.8 Å². The molecule has 2 unspecified atom stereocenters. The van der Waals surface area contributed by atoms with Gasteiger partial charge in [0, 0.05) is 47.8 Å². The summed E-state index contributed by atoms with van der Waals surface area (Å²) in [4.78, 5) is 46.7. The van der Waals surface area contributed by atoms with Crippen molar-refractivity contribution in [3.8, 4) is 41.1 Å². The highest BCUT2D eigenvalue weighted by Gasteiger charge is 2.50. The molecule has 2 aromatic carbocycles. The maximum atomic E-state index is 16.4. The van der Waals surface area contributed by atoms with Crippen molar-refractivity contribution in [1.82, 2.24) is 9.80 Å². The summed E-state index contributed by atoms with van der Waals surface area (Å²) < 4.78 is 0. The Morgan fingerprint density at radius 1 is 0.358 bits per heavy atom. The van der Waals surface area contributed by atoms with Gasteiger partial charge in [0.15, 0.2) is 0 Å². The van der Waals surface area contributed by atoms with Crippen LogP contribution in [-0.4, -0.2) is 34.7 Å². The van der Waals surface area contributed by atoms with Crippen molar-refractivity contribution in [1.29, 1.82) is 0 Å². The number of thiophene rings is 4. The molecule has 8 heteroatoms. The van der Waals surface area contributed by atoms with Crippen molar-refractivity contribution in [3.63, 3.8) is 0 Å². The molecule has 0 bridgehead atoms. The van der Waals surface area contributed by atoms with E-state index in [2.05, 4.69) is 178 Å². The minimum atomic E-state index is -0.00927. The van der Waals surface area contributed by atoms with Gasteiger partial charge < -0.3 is 9.80 Å². The molecule has 6 aromatic rings. The third kappa shape index (κ3) is 18.8. The number of hydrogen-bond donors (Lipinski definition) is 0. The van der Waals surface area contributed by atoms with E-state index in [0.717, 1.165) is 46.8 Å². The van der Waals surface area contributed by atoms with Crippen molar-refractivity contribution >= 4 is 68.6 Å². The number of rotatable bonds is 43. The first kappa shape index (κ1) is 74.9. The lowest BCUT2D eigenvalue weighted by molar-refractivity contribution is -0.124. The SMILES string of the molecule is CCCCCCCCC(CCCCCC)CN1C(=O)C2=C(c3ccc(-c4ccc(C(C)(C)C)s4)s3)N(CC(CCCCCC)CCCCCCCC)C(=O)C2=C1c1ccc(-c2ccc(-c3ccc4c(c3)C(CCCCCC)(CCCCCC)c3cc(C(C)(C)C)ccc3-4)s2)s1. The molecule has 4 aromatic heterocycles. The second-order valence-electron chi connectivity index (χ2n) is 31.2. The molecule has 518 valence electrons. The fraction of sp³-hybridized carbons (Fsp3) is 0.609. The third-order valence-corrected chi connectivity index (χ3v) is 26.7.